The summed E-state index contributed by atoms with van der Waals surface area (Å²) in [6.45, 7) is 3.24. The summed E-state index contributed by atoms with van der Waals surface area (Å²) < 4.78 is 12.3. The van der Waals surface area contributed by atoms with Crippen LogP contribution in [0.25, 0.3) is 11.0 Å². The second kappa shape index (κ2) is 6.36. The summed E-state index contributed by atoms with van der Waals surface area (Å²) in [5, 5.41) is 13.7. The molecular formula is C16H17N5O4. The highest BCUT2D eigenvalue weighted by Gasteiger charge is 2.30. The lowest BCUT2D eigenvalue weighted by Gasteiger charge is -2.22. The summed E-state index contributed by atoms with van der Waals surface area (Å²) in [5.41, 5.74) is 1.04. The van der Waals surface area contributed by atoms with Crippen molar-refractivity contribution in [1.29, 1.82) is 0 Å². The van der Waals surface area contributed by atoms with Gasteiger partial charge in [-0.1, -0.05) is 0 Å². The molecule has 3 rings (SSSR count). The molecule has 0 saturated heterocycles. The first-order valence-corrected chi connectivity index (χ1v) is 7.43. The van der Waals surface area contributed by atoms with Crippen LogP contribution in [0.5, 0.6) is 17.4 Å². The van der Waals surface area contributed by atoms with Crippen LogP contribution in [-0.4, -0.2) is 38.0 Å². The first-order valence-electron chi connectivity index (χ1n) is 7.43. The molecule has 9 heteroatoms. The van der Waals surface area contributed by atoms with Crippen molar-refractivity contribution in [2.24, 2.45) is 0 Å². The molecule has 9 nitrogen and oxygen atoms in total. The summed E-state index contributed by atoms with van der Waals surface area (Å²) in [6.07, 6.45) is 4.63. The summed E-state index contributed by atoms with van der Waals surface area (Å²) in [4.78, 5) is 20.2. The number of methoxy groups -OCH3 is 1. The van der Waals surface area contributed by atoms with Crippen molar-refractivity contribution in [3.63, 3.8) is 0 Å². The maximum absolute atomic E-state index is 11.7. The van der Waals surface area contributed by atoms with Crippen molar-refractivity contribution >= 4 is 16.9 Å². The average Bonchev–Trinajstić information content (AvgIpc) is 3.10. The normalized spacial score (nSPS) is 11.4. The lowest BCUT2D eigenvalue weighted by molar-refractivity contribution is -0.137. The Bertz CT molecular complexity index is 922. The van der Waals surface area contributed by atoms with Crippen molar-refractivity contribution in [3.8, 4) is 17.4 Å². The van der Waals surface area contributed by atoms with E-state index in [0.717, 1.165) is 0 Å². The molecule has 0 aromatic carbocycles. The molecule has 0 radical (unpaired) electrons. The molecule has 3 aromatic heterocycles. The first-order chi connectivity index (χ1) is 12.0. The summed E-state index contributed by atoms with van der Waals surface area (Å²) in [6, 6.07) is 5.23. The van der Waals surface area contributed by atoms with Gasteiger partial charge in [0.1, 0.15) is 11.3 Å². The molecular weight excluding hydrogens is 326 g/mol. The topological polar surface area (TPSA) is 111 Å². The van der Waals surface area contributed by atoms with E-state index in [0.29, 0.717) is 28.4 Å². The molecule has 3 aromatic rings. The minimum atomic E-state index is -1.08. The minimum Gasteiger partial charge on any atom is -0.481 e. The van der Waals surface area contributed by atoms with Crippen LogP contribution < -0.4 is 15.0 Å². The number of hydroxylamine groups is 1. The SMILES string of the molecule is COc1ccc2c(Oc3cnn(C(C)(C)C(=O)NO)c3)ccnc2n1. The van der Waals surface area contributed by atoms with Gasteiger partial charge in [0.2, 0.25) is 5.88 Å². The molecule has 0 bridgehead atoms. The number of ether oxygens (including phenoxy) is 2. The van der Waals surface area contributed by atoms with Gasteiger partial charge in [-0.05, 0) is 26.0 Å². The highest BCUT2D eigenvalue weighted by atomic mass is 16.5. The smallest absolute Gasteiger partial charge is 0.270 e. The zero-order valence-corrected chi connectivity index (χ0v) is 13.9. The van der Waals surface area contributed by atoms with E-state index in [4.69, 9.17) is 14.7 Å². The summed E-state index contributed by atoms with van der Waals surface area (Å²) in [7, 11) is 1.53. The number of amides is 1. The standard InChI is InChI=1S/C16H17N5O4/c1-16(2,15(22)20-23)21-9-10(8-18-21)25-12-6-7-17-14-11(12)4-5-13(19-14)24-3/h4-9,23H,1-3H3,(H,20,22). The Balaban J connectivity index is 1.91. The highest BCUT2D eigenvalue weighted by Crippen LogP contribution is 2.29. The molecule has 0 fully saturated rings. The Morgan fingerprint density at radius 2 is 2.12 bits per heavy atom. The Morgan fingerprint density at radius 1 is 1.32 bits per heavy atom. The van der Waals surface area contributed by atoms with Gasteiger partial charge in [-0.15, -0.1) is 0 Å². The van der Waals surface area contributed by atoms with Crippen LogP contribution in [0.4, 0.5) is 0 Å². The average molecular weight is 343 g/mol. The van der Waals surface area contributed by atoms with Crippen molar-refractivity contribution in [2.45, 2.75) is 19.4 Å². The lowest BCUT2D eigenvalue weighted by Crippen LogP contribution is -2.43. The monoisotopic (exact) mass is 343 g/mol. The number of carbonyl (C=O) groups excluding carboxylic acids is 1. The van der Waals surface area contributed by atoms with Crippen molar-refractivity contribution in [2.75, 3.05) is 7.11 Å². The molecule has 2 N–H and O–H groups in total. The predicted molar refractivity (Wildman–Crippen MR) is 87.6 cm³/mol. The molecule has 0 unspecified atom stereocenters. The van der Waals surface area contributed by atoms with Gasteiger partial charge in [-0.2, -0.15) is 10.1 Å². The molecule has 0 atom stereocenters. The fourth-order valence-electron chi connectivity index (χ4n) is 2.22. The van der Waals surface area contributed by atoms with Crippen LogP contribution in [0.2, 0.25) is 0 Å². The van der Waals surface area contributed by atoms with Gasteiger partial charge >= 0.3 is 0 Å². The maximum atomic E-state index is 11.7. The Kier molecular flexibility index (Phi) is 4.24. The van der Waals surface area contributed by atoms with Crippen molar-refractivity contribution in [1.82, 2.24) is 25.2 Å². The second-order valence-corrected chi connectivity index (χ2v) is 5.76. The van der Waals surface area contributed by atoms with Crippen molar-refractivity contribution in [3.05, 3.63) is 36.8 Å². The van der Waals surface area contributed by atoms with E-state index in [9.17, 15) is 4.79 Å². The number of fused-ring (bicyclic) bond motifs is 1. The van der Waals surface area contributed by atoms with E-state index in [1.165, 1.54) is 18.0 Å². The number of aromatic nitrogens is 4. The second-order valence-electron chi connectivity index (χ2n) is 5.76. The molecule has 0 aliphatic carbocycles. The van der Waals surface area contributed by atoms with Crippen LogP contribution in [0, 0.1) is 0 Å². The van der Waals surface area contributed by atoms with Gasteiger partial charge in [-0.3, -0.25) is 14.7 Å². The van der Waals surface area contributed by atoms with Gasteiger partial charge in [0.05, 0.1) is 24.9 Å². The molecule has 0 aliphatic heterocycles. The number of pyridine rings is 2. The lowest BCUT2D eigenvalue weighted by atomic mass is 10.1. The quantitative estimate of drug-likeness (QED) is 0.537. The fourth-order valence-corrected chi connectivity index (χ4v) is 2.22. The molecule has 3 heterocycles. The van der Waals surface area contributed by atoms with Gasteiger partial charge in [-0.25, -0.2) is 10.5 Å². The third-order valence-electron chi connectivity index (χ3n) is 3.76. The van der Waals surface area contributed by atoms with E-state index in [1.807, 2.05) is 0 Å². The van der Waals surface area contributed by atoms with Crippen LogP contribution >= 0.6 is 0 Å². The fraction of sp³-hybridized carbons (Fsp3) is 0.250. The number of rotatable bonds is 5. The zero-order chi connectivity index (χ0) is 18.0. The van der Waals surface area contributed by atoms with E-state index in [1.54, 1.807) is 49.9 Å². The highest BCUT2D eigenvalue weighted by molar-refractivity contribution is 5.83. The van der Waals surface area contributed by atoms with Crippen LogP contribution in [0.15, 0.2) is 36.8 Å². The number of nitrogens with zero attached hydrogens (tertiary/aromatic N) is 4. The van der Waals surface area contributed by atoms with Gasteiger partial charge < -0.3 is 9.47 Å². The summed E-state index contributed by atoms with van der Waals surface area (Å²) in [5.74, 6) is 0.848. The Hall–Kier alpha value is -3.20. The third-order valence-corrected chi connectivity index (χ3v) is 3.76. The van der Waals surface area contributed by atoms with E-state index < -0.39 is 11.4 Å². The van der Waals surface area contributed by atoms with E-state index in [-0.39, 0.29) is 0 Å². The largest absolute Gasteiger partial charge is 0.481 e. The van der Waals surface area contributed by atoms with Gasteiger partial charge in [0.15, 0.2) is 11.4 Å². The Morgan fingerprint density at radius 3 is 2.84 bits per heavy atom. The van der Waals surface area contributed by atoms with E-state index in [2.05, 4.69) is 15.1 Å². The number of carbonyl (C=O) groups is 1. The summed E-state index contributed by atoms with van der Waals surface area (Å²) >= 11 is 0. The van der Waals surface area contributed by atoms with Crippen LogP contribution in [-0.2, 0) is 10.3 Å². The first kappa shape index (κ1) is 16.7. The molecule has 0 saturated carbocycles. The Labute approximate surface area is 143 Å². The van der Waals surface area contributed by atoms with E-state index >= 15 is 0 Å². The van der Waals surface area contributed by atoms with Gasteiger partial charge in [0.25, 0.3) is 5.91 Å². The zero-order valence-electron chi connectivity index (χ0n) is 13.9. The number of nitrogens with one attached hydrogen (secondary N) is 1. The van der Waals surface area contributed by atoms with Crippen LogP contribution in [0.1, 0.15) is 13.8 Å². The molecule has 25 heavy (non-hydrogen) atoms. The maximum Gasteiger partial charge on any atom is 0.270 e. The van der Waals surface area contributed by atoms with Crippen LogP contribution in [0.3, 0.4) is 0 Å². The molecule has 1 amide bonds. The molecule has 0 spiro atoms. The third kappa shape index (κ3) is 3.09. The van der Waals surface area contributed by atoms with Gasteiger partial charge in [0, 0.05) is 12.3 Å². The number of hydrogen-bond donors (Lipinski definition) is 2. The molecule has 0 aliphatic rings. The number of hydrogen-bond acceptors (Lipinski definition) is 7. The predicted octanol–water partition coefficient (Wildman–Crippen LogP) is 1.87. The minimum absolute atomic E-state index is 0.433. The molecule has 130 valence electrons. The van der Waals surface area contributed by atoms with Crippen molar-refractivity contribution < 1.29 is 19.5 Å².